The monoisotopic (exact) mass is 286 g/mol. The summed E-state index contributed by atoms with van der Waals surface area (Å²) in [4.78, 5) is 3.52. The molecule has 0 nitrogen and oxygen atoms in total. The van der Waals surface area contributed by atoms with Crippen molar-refractivity contribution in [3.63, 3.8) is 0 Å². The second kappa shape index (κ2) is 4.58. The molecule has 0 spiro atoms. The standard InChI is InChI=1S/C13H19BrS/c1-8-5-4-6-11(8)13(14)12-7-9(2)15-10(12)3/h7-8,11,13H,4-6H2,1-3H3. The molecule has 3 atom stereocenters. The van der Waals surface area contributed by atoms with Gasteiger partial charge in [-0.2, -0.15) is 0 Å². The molecule has 2 heteroatoms. The number of alkyl halides is 1. The first-order valence-corrected chi connectivity index (χ1v) is 7.54. The van der Waals surface area contributed by atoms with Gasteiger partial charge >= 0.3 is 0 Å². The summed E-state index contributed by atoms with van der Waals surface area (Å²) in [6.45, 7) is 6.86. The molecule has 0 aliphatic heterocycles. The van der Waals surface area contributed by atoms with Crippen LogP contribution >= 0.6 is 27.3 Å². The Morgan fingerprint density at radius 2 is 2.13 bits per heavy atom. The van der Waals surface area contributed by atoms with E-state index in [0.29, 0.717) is 4.83 Å². The molecule has 1 saturated carbocycles. The van der Waals surface area contributed by atoms with Crippen molar-refractivity contribution in [3.8, 4) is 0 Å². The van der Waals surface area contributed by atoms with E-state index in [9.17, 15) is 0 Å². The minimum Gasteiger partial charge on any atom is -0.146 e. The third-order valence-electron chi connectivity index (χ3n) is 3.68. The summed E-state index contributed by atoms with van der Waals surface area (Å²) < 4.78 is 0. The molecule has 1 aliphatic carbocycles. The Labute approximate surface area is 105 Å². The van der Waals surface area contributed by atoms with Crippen molar-refractivity contribution in [2.24, 2.45) is 11.8 Å². The lowest BCUT2D eigenvalue weighted by atomic mass is 9.91. The lowest BCUT2D eigenvalue weighted by Crippen LogP contribution is -2.10. The summed E-state index contributed by atoms with van der Waals surface area (Å²) >= 11 is 5.85. The molecule has 15 heavy (non-hydrogen) atoms. The Morgan fingerprint density at radius 1 is 1.40 bits per heavy atom. The third-order valence-corrected chi connectivity index (χ3v) is 5.83. The Balaban J connectivity index is 2.19. The summed E-state index contributed by atoms with van der Waals surface area (Å²) in [5.74, 6) is 1.73. The van der Waals surface area contributed by atoms with E-state index in [1.54, 1.807) is 0 Å². The molecule has 0 aromatic carbocycles. The Morgan fingerprint density at radius 3 is 2.60 bits per heavy atom. The van der Waals surface area contributed by atoms with E-state index in [-0.39, 0.29) is 0 Å². The van der Waals surface area contributed by atoms with Gasteiger partial charge in [0.25, 0.3) is 0 Å². The van der Waals surface area contributed by atoms with E-state index < -0.39 is 0 Å². The molecule has 0 bridgehead atoms. The second-order valence-corrected chi connectivity index (χ2v) is 7.29. The van der Waals surface area contributed by atoms with Gasteiger partial charge in [-0.25, -0.2) is 0 Å². The fourth-order valence-electron chi connectivity index (χ4n) is 2.76. The van der Waals surface area contributed by atoms with Crippen LogP contribution in [0.15, 0.2) is 6.07 Å². The number of rotatable bonds is 2. The van der Waals surface area contributed by atoms with Crippen LogP contribution in [0.5, 0.6) is 0 Å². The molecular formula is C13H19BrS. The molecule has 0 N–H and O–H groups in total. The SMILES string of the molecule is Cc1cc(C(Br)C2CCCC2C)c(C)s1. The van der Waals surface area contributed by atoms with Crippen molar-refractivity contribution >= 4 is 27.3 Å². The van der Waals surface area contributed by atoms with Crippen molar-refractivity contribution in [2.75, 3.05) is 0 Å². The van der Waals surface area contributed by atoms with E-state index in [1.165, 1.54) is 34.6 Å². The minimum atomic E-state index is 0.583. The van der Waals surface area contributed by atoms with E-state index in [0.717, 1.165) is 11.8 Å². The number of thiophene rings is 1. The zero-order valence-corrected chi connectivity index (χ0v) is 12.1. The van der Waals surface area contributed by atoms with Gasteiger partial charge in [-0.3, -0.25) is 0 Å². The Bertz CT molecular complexity index is 342. The first-order chi connectivity index (χ1) is 7.09. The van der Waals surface area contributed by atoms with Crippen molar-refractivity contribution in [3.05, 3.63) is 21.4 Å². The highest BCUT2D eigenvalue weighted by Gasteiger charge is 2.31. The van der Waals surface area contributed by atoms with Crippen LogP contribution in [-0.4, -0.2) is 0 Å². The van der Waals surface area contributed by atoms with Crippen molar-refractivity contribution in [2.45, 2.75) is 44.9 Å². The highest BCUT2D eigenvalue weighted by atomic mass is 79.9. The number of hydrogen-bond donors (Lipinski definition) is 0. The van der Waals surface area contributed by atoms with Crippen molar-refractivity contribution < 1.29 is 0 Å². The Kier molecular flexibility index (Phi) is 3.56. The summed E-state index contributed by atoms with van der Waals surface area (Å²) in [7, 11) is 0. The van der Waals surface area contributed by atoms with Gasteiger partial charge in [-0.1, -0.05) is 35.7 Å². The molecular weight excluding hydrogens is 268 g/mol. The normalized spacial score (nSPS) is 28.3. The summed E-state index contributed by atoms with van der Waals surface area (Å²) in [5.41, 5.74) is 1.54. The van der Waals surface area contributed by atoms with Crippen LogP contribution in [0.1, 0.15) is 46.3 Å². The lowest BCUT2D eigenvalue weighted by molar-refractivity contribution is 0.414. The topological polar surface area (TPSA) is 0 Å². The molecule has 84 valence electrons. The van der Waals surface area contributed by atoms with Crippen LogP contribution < -0.4 is 0 Å². The second-order valence-electron chi connectivity index (χ2n) is 4.84. The minimum absolute atomic E-state index is 0.583. The average molecular weight is 287 g/mol. The zero-order chi connectivity index (χ0) is 11.0. The predicted octanol–water partition coefficient (Wildman–Crippen LogP) is 5.24. The molecule has 1 fully saturated rings. The molecule has 1 heterocycles. The van der Waals surface area contributed by atoms with Crippen LogP contribution in [0.25, 0.3) is 0 Å². The number of halogens is 1. The maximum absolute atomic E-state index is 3.92. The summed E-state index contributed by atoms with van der Waals surface area (Å²) in [6, 6.07) is 2.37. The van der Waals surface area contributed by atoms with Gasteiger partial charge in [0, 0.05) is 14.6 Å². The van der Waals surface area contributed by atoms with E-state index in [1.807, 2.05) is 11.3 Å². The van der Waals surface area contributed by atoms with Crippen LogP contribution in [0.3, 0.4) is 0 Å². The predicted molar refractivity (Wildman–Crippen MR) is 72.0 cm³/mol. The largest absolute Gasteiger partial charge is 0.146 e. The lowest BCUT2D eigenvalue weighted by Gasteiger charge is -2.21. The zero-order valence-electron chi connectivity index (χ0n) is 9.72. The first kappa shape index (κ1) is 11.7. The Hall–Kier alpha value is 0.180. The fraction of sp³-hybridized carbons (Fsp3) is 0.692. The van der Waals surface area contributed by atoms with Gasteiger partial charge in [0.1, 0.15) is 0 Å². The molecule has 2 rings (SSSR count). The van der Waals surface area contributed by atoms with E-state index >= 15 is 0 Å². The maximum Gasteiger partial charge on any atom is 0.0437 e. The molecule has 3 unspecified atom stereocenters. The molecule has 0 amide bonds. The van der Waals surface area contributed by atoms with Gasteiger partial charge in [0.2, 0.25) is 0 Å². The molecule has 0 saturated heterocycles. The van der Waals surface area contributed by atoms with E-state index in [4.69, 9.17) is 0 Å². The van der Waals surface area contributed by atoms with E-state index in [2.05, 4.69) is 42.8 Å². The average Bonchev–Trinajstić information content (AvgIpc) is 2.71. The fourth-order valence-corrected chi connectivity index (χ4v) is 5.15. The van der Waals surface area contributed by atoms with Crippen molar-refractivity contribution in [1.29, 1.82) is 0 Å². The molecule has 1 aromatic heterocycles. The molecule has 1 aliphatic rings. The van der Waals surface area contributed by atoms with Gasteiger partial charge in [-0.15, -0.1) is 11.3 Å². The smallest absolute Gasteiger partial charge is 0.0437 e. The van der Waals surface area contributed by atoms with Crippen molar-refractivity contribution in [1.82, 2.24) is 0 Å². The van der Waals surface area contributed by atoms with Crippen LogP contribution in [0, 0.1) is 25.7 Å². The first-order valence-electron chi connectivity index (χ1n) is 5.80. The maximum atomic E-state index is 3.92. The van der Waals surface area contributed by atoms with Crippen LogP contribution in [0.2, 0.25) is 0 Å². The van der Waals surface area contributed by atoms with Gasteiger partial charge in [0.15, 0.2) is 0 Å². The van der Waals surface area contributed by atoms with Gasteiger partial charge in [0.05, 0.1) is 0 Å². The summed E-state index contributed by atoms with van der Waals surface area (Å²) in [5, 5.41) is 0. The van der Waals surface area contributed by atoms with Gasteiger partial charge < -0.3 is 0 Å². The summed E-state index contributed by atoms with van der Waals surface area (Å²) in [6.07, 6.45) is 4.22. The molecule has 1 aromatic rings. The quantitative estimate of drug-likeness (QED) is 0.653. The van der Waals surface area contributed by atoms with Crippen LogP contribution in [-0.2, 0) is 0 Å². The highest BCUT2D eigenvalue weighted by Crippen LogP contribution is 2.46. The molecule has 0 radical (unpaired) electrons. The number of aryl methyl sites for hydroxylation is 2. The highest BCUT2D eigenvalue weighted by molar-refractivity contribution is 9.09. The van der Waals surface area contributed by atoms with Gasteiger partial charge in [-0.05, 0) is 43.7 Å². The van der Waals surface area contributed by atoms with Crippen LogP contribution in [0.4, 0.5) is 0 Å². The third kappa shape index (κ3) is 2.31. The number of hydrogen-bond acceptors (Lipinski definition) is 1.